The van der Waals surface area contributed by atoms with Crippen LogP contribution < -0.4 is 0 Å². The van der Waals surface area contributed by atoms with Crippen molar-refractivity contribution in [2.24, 2.45) is 0 Å². The highest BCUT2D eigenvalue weighted by Crippen LogP contribution is 2.24. The van der Waals surface area contributed by atoms with Gasteiger partial charge >= 0.3 is 0 Å². The second kappa shape index (κ2) is 4.41. The standard InChI is InChI=1S/C12H11ClN2/c1-2-11-10(8-12(13)15-14-11)9-6-4-3-5-7-9/h3-8H,2H2,1H3. The van der Waals surface area contributed by atoms with Gasteiger partial charge in [-0.1, -0.05) is 48.9 Å². The van der Waals surface area contributed by atoms with Crippen LogP contribution in [-0.2, 0) is 6.42 Å². The Kier molecular flexibility index (Phi) is 2.97. The fourth-order valence-corrected chi connectivity index (χ4v) is 1.67. The minimum atomic E-state index is 0.436. The van der Waals surface area contributed by atoms with Crippen LogP contribution in [0.5, 0.6) is 0 Å². The molecule has 0 amide bonds. The Balaban J connectivity index is 2.56. The Labute approximate surface area is 93.9 Å². The average Bonchev–Trinajstić information content (AvgIpc) is 2.30. The zero-order chi connectivity index (χ0) is 10.7. The third kappa shape index (κ3) is 2.16. The molecule has 0 radical (unpaired) electrons. The maximum Gasteiger partial charge on any atom is 0.152 e. The Hall–Kier alpha value is -1.41. The van der Waals surface area contributed by atoms with Crippen molar-refractivity contribution in [2.45, 2.75) is 13.3 Å². The number of benzene rings is 1. The van der Waals surface area contributed by atoms with Gasteiger partial charge in [-0.2, -0.15) is 5.10 Å². The highest BCUT2D eigenvalue weighted by atomic mass is 35.5. The lowest BCUT2D eigenvalue weighted by molar-refractivity contribution is 0.923. The minimum Gasteiger partial charge on any atom is -0.154 e. The molecule has 3 heteroatoms. The summed E-state index contributed by atoms with van der Waals surface area (Å²) >= 11 is 5.85. The van der Waals surface area contributed by atoms with Gasteiger partial charge in [0.1, 0.15) is 0 Å². The van der Waals surface area contributed by atoms with E-state index in [1.54, 1.807) is 0 Å². The van der Waals surface area contributed by atoms with Crippen molar-refractivity contribution < 1.29 is 0 Å². The zero-order valence-corrected chi connectivity index (χ0v) is 9.20. The molecular formula is C12H11ClN2. The molecule has 2 nitrogen and oxygen atoms in total. The molecule has 0 saturated carbocycles. The first-order chi connectivity index (χ1) is 7.31. The zero-order valence-electron chi connectivity index (χ0n) is 8.44. The van der Waals surface area contributed by atoms with E-state index in [1.807, 2.05) is 36.4 Å². The van der Waals surface area contributed by atoms with Crippen LogP contribution in [0.3, 0.4) is 0 Å². The Morgan fingerprint density at radius 3 is 2.53 bits per heavy atom. The van der Waals surface area contributed by atoms with E-state index in [0.717, 1.165) is 23.2 Å². The van der Waals surface area contributed by atoms with Gasteiger partial charge < -0.3 is 0 Å². The van der Waals surface area contributed by atoms with E-state index >= 15 is 0 Å². The van der Waals surface area contributed by atoms with Crippen LogP contribution in [0.2, 0.25) is 5.15 Å². The van der Waals surface area contributed by atoms with Gasteiger partial charge in [0.15, 0.2) is 5.15 Å². The van der Waals surface area contributed by atoms with Gasteiger partial charge in [-0.05, 0) is 18.1 Å². The molecule has 0 atom stereocenters. The van der Waals surface area contributed by atoms with Crippen LogP contribution in [0, 0.1) is 0 Å². The molecule has 0 bridgehead atoms. The fraction of sp³-hybridized carbons (Fsp3) is 0.167. The largest absolute Gasteiger partial charge is 0.154 e. The maximum absolute atomic E-state index is 5.85. The summed E-state index contributed by atoms with van der Waals surface area (Å²) < 4.78 is 0. The second-order valence-electron chi connectivity index (χ2n) is 3.25. The van der Waals surface area contributed by atoms with Crippen LogP contribution in [-0.4, -0.2) is 10.2 Å². The minimum absolute atomic E-state index is 0.436. The summed E-state index contributed by atoms with van der Waals surface area (Å²) in [6.45, 7) is 2.06. The first-order valence-electron chi connectivity index (χ1n) is 4.88. The Morgan fingerprint density at radius 2 is 1.87 bits per heavy atom. The molecule has 0 N–H and O–H groups in total. The van der Waals surface area contributed by atoms with Gasteiger partial charge in [0.2, 0.25) is 0 Å². The number of aromatic nitrogens is 2. The molecule has 0 fully saturated rings. The summed E-state index contributed by atoms with van der Waals surface area (Å²) in [6, 6.07) is 12.0. The molecule has 0 aliphatic heterocycles. The first-order valence-corrected chi connectivity index (χ1v) is 5.26. The van der Waals surface area contributed by atoms with Gasteiger partial charge in [-0.3, -0.25) is 0 Å². The summed E-state index contributed by atoms with van der Waals surface area (Å²) in [4.78, 5) is 0. The molecule has 15 heavy (non-hydrogen) atoms. The third-order valence-electron chi connectivity index (χ3n) is 2.26. The van der Waals surface area contributed by atoms with E-state index < -0.39 is 0 Å². The lowest BCUT2D eigenvalue weighted by Gasteiger charge is -2.06. The van der Waals surface area contributed by atoms with Crippen LogP contribution in [0.15, 0.2) is 36.4 Å². The van der Waals surface area contributed by atoms with E-state index in [9.17, 15) is 0 Å². The van der Waals surface area contributed by atoms with E-state index in [0.29, 0.717) is 5.15 Å². The van der Waals surface area contributed by atoms with Gasteiger partial charge in [0.25, 0.3) is 0 Å². The van der Waals surface area contributed by atoms with Crippen LogP contribution in [0.25, 0.3) is 11.1 Å². The number of hydrogen-bond donors (Lipinski definition) is 0. The predicted molar refractivity (Wildman–Crippen MR) is 61.9 cm³/mol. The summed E-state index contributed by atoms with van der Waals surface area (Å²) in [5.74, 6) is 0. The molecule has 1 aromatic heterocycles. The van der Waals surface area contributed by atoms with Crippen molar-refractivity contribution >= 4 is 11.6 Å². The van der Waals surface area contributed by atoms with Crippen LogP contribution in [0.1, 0.15) is 12.6 Å². The highest BCUT2D eigenvalue weighted by molar-refractivity contribution is 6.29. The number of aryl methyl sites for hydroxylation is 1. The molecule has 2 rings (SSSR count). The lowest BCUT2D eigenvalue weighted by atomic mass is 10.0. The normalized spacial score (nSPS) is 10.3. The van der Waals surface area contributed by atoms with Gasteiger partial charge in [0, 0.05) is 5.56 Å². The molecule has 1 heterocycles. The molecule has 0 saturated heterocycles. The van der Waals surface area contributed by atoms with Crippen molar-refractivity contribution in [2.75, 3.05) is 0 Å². The van der Waals surface area contributed by atoms with E-state index in [-0.39, 0.29) is 0 Å². The summed E-state index contributed by atoms with van der Waals surface area (Å²) in [5, 5.41) is 8.38. The topological polar surface area (TPSA) is 25.8 Å². The molecule has 0 aliphatic carbocycles. The second-order valence-corrected chi connectivity index (χ2v) is 3.63. The molecule has 0 unspecified atom stereocenters. The molecule has 0 spiro atoms. The van der Waals surface area contributed by atoms with Crippen molar-refractivity contribution in [3.8, 4) is 11.1 Å². The summed E-state index contributed by atoms with van der Waals surface area (Å²) in [7, 11) is 0. The van der Waals surface area contributed by atoms with Crippen molar-refractivity contribution in [1.82, 2.24) is 10.2 Å². The molecule has 1 aromatic carbocycles. The SMILES string of the molecule is CCc1nnc(Cl)cc1-c1ccccc1. The smallest absolute Gasteiger partial charge is 0.152 e. The van der Waals surface area contributed by atoms with Gasteiger partial charge in [-0.15, -0.1) is 5.10 Å². The molecule has 2 aromatic rings. The number of hydrogen-bond acceptors (Lipinski definition) is 2. The lowest BCUT2D eigenvalue weighted by Crippen LogP contribution is -1.95. The molecular weight excluding hydrogens is 208 g/mol. The van der Waals surface area contributed by atoms with E-state index in [1.165, 1.54) is 0 Å². The quantitative estimate of drug-likeness (QED) is 0.773. The number of rotatable bonds is 2. The fourth-order valence-electron chi connectivity index (χ4n) is 1.52. The predicted octanol–water partition coefficient (Wildman–Crippen LogP) is 3.36. The third-order valence-corrected chi connectivity index (χ3v) is 2.44. The van der Waals surface area contributed by atoms with E-state index in [2.05, 4.69) is 17.1 Å². The number of halogens is 1. The molecule has 76 valence electrons. The monoisotopic (exact) mass is 218 g/mol. The molecule has 0 aliphatic rings. The average molecular weight is 219 g/mol. The van der Waals surface area contributed by atoms with Crippen molar-refractivity contribution in [3.05, 3.63) is 47.2 Å². The van der Waals surface area contributed by atoms with Crippen molar-refractivity contribution in [3.63, 3.8) is 0 Å². The van der Waals surface area contributed by atoms with Crippen molar-refractivity contribution in [1.29, 1.82) is 0 Å². The first kappa shape index (κ1) is 10.1. The Bertz CT molecular complexity index is 454. The van der Waals surface area contributed by atoms with Gasteiger partial charge in [0.05, 0.1) is 5.69 Å². The highest BCUT2D eigenvalue weighted by Gasteiger charge is 2.06. The van der Waals surface area contributed by atoms with Crippen LogP contribution in [0.4, 0.5) is 0 Å². The van der Waals surface area contributed by atoms with E-state index in [4.69, 9.17) is 11.6 Å². The maximum atomic E-state index is 5.85. The summed E-state index contributed by atoms with van der Waals surface area (Å²) in [6.07, 6.45) is 0.856. The number of nitrogens with zero attached hydrogens (tertiary/aromatic N) is 2. The summed E-state index contributed by atoms with van der Waals surface area (Å²) in [5.41, 5.74) is 3.18. The van der Waals surface area contributed by atoms with Gasteiger partial charge in [-0.25, -0.2) is 0 Å². The van der Waals surface area contributed by atoms with Crippen LogP contribution >= 0.6 is 11.6 Å². The Morgan fingerprint density at radius 1 is 1.13 bits per heavy atom.